The van der Waals surface area contributed by atoms with Crippen molar-refractivity contribution < 1.29 is 23.9 Å². The lowest BCUT2D eigenvalue weighted by molar-refractivity contribution is -0.152. The number of amides is 4. The SMILES string of the molecule is C[C@@H]1[C@H](C)CCC[C@@H]1N1C[C@H](C(=O)OCC(=O)NC(=O)NC2CCCCC2)CC1=O. The topological polar surface area (TPSA) is 105 Å². The van der Waals surface area contributed by atoms with Gasteiger partial charge in [0.25, 0.3) is 5.91 Å². The molecule has 30 heavy (non-hydrogen) atoms. The first-order valence-electron chi connectivity index (χ1n) is 11.4. The van der Waals surface area contributed by atoms with Crippen LogP contribution < -0.4 is 10.6 Å². The molecule has 0 aromatic carbocycles. The van der Waals surface area contributed by atoms with E-state index in [2.05, 4.69) is 24.5 Å². The first-order chi connectivity index (χ1) is 14.3. The molecule has 2 saturated carbocycles. The number of hydrogen-bond donors (Lipinski definition) is 2. The molecule has 4 amide bonds. The van der Waals surface area contributed by atoms with Gasteiger partial charge in [0.05, 0.1) is 5.92 Å². The largest absolute Gasteiger partial charge is 0.455 e. The van der Waals surface area contributed by atoms with Crippen molar-refractivity contribution in [1.29, 1.82) is 0 Å². The Morgan fingerprint density at radius 3 is 2.50 bits per heavy atom. The minimum absolute atomic E-state index is 0.0146. The van der Waals surface area contributed by atoms with Gasteiger partial charge in [-0.3, -0.25) is 19.7 Å². The molecule has 0 aromatic heterocycles. The Bertz CT molecular complexity index is 661. The fourth-order valence-electron chi connectivity index (χ4n) is 5.09. The highest BCUT2D eigenvalue weighted by Gasteiger charge is 2.42. The zero-order chi connectivity index (χ0) is 21.7. The molecule has 3 rings (SSSR count). The number of urea groups is 1. The quantitative estimate of drug-likeness (QED) is 0.663. The molecular weight excluding hydrogens is 386 g/mol. The van der Waals surface area contributed by atoms with Gasteiger partial charge in [-0.1, -0.05) is 46.0 Å². The molecule has 168 valence electrons. The van der Waals surface area contributed by atoms with Crippen LogP contribution in [0.15, 0.2) is 0 Å². The predicted octanol–water partition coefficient (Wildman–Crippen LogP) is 2.36. The minimum atomic E-state index is -0.660. The number of esters is 1. The number of carbonyl (C=O) groups excluding carboxylic acids is 4. The molecule has 3 aliphatic rings. The number of nitrogens with one attached hydrogen (secondary N) is 2. The molecule has 2 N–H and O–H groups in total. The molecule has 2 aliphatic carbocycles. The van der Waals surface area contributed by atoms with Crippen LogP contribution in [0.3, 0.4) is 0 Å². The van der Waals surface area contributed by atoms with E-state index in [0.717, 1.165) is 38.5 Å². The lowest BCUT2D eigenvalue weighted by Gasteiger charge is -2.39. The van der Waals surface area contributed by atoms with Crippen LogP contribution in [0.1, 0.15) is 71.6 Å². The smallest absolute Gasteiger partial charge is 0.321 e. The van der Waals surface area contributed by atoms with Gasteiger partial charge in [-0.05, 0) is 31.1 Å². The molecule has 1 saturated heterocycles. The maximum atomic E-state index is 12.5. The summed E-state index contributed by atoms with van der Waals surface area (Å²) in [6, 6.07) is -0.286. The third-order valence-corrected chi connectivity index (χ3v) is 7.09. The maximum Gasteiger partial charge on any atom is 0.321 e. The van der Waals surface area contributed by atoms with E-state index in [4.69, 9.17) is 4.74 Å². The van der Waals surface area contributed by atoms with E-state index < -0.39 is 30.4 Å². The van der Waals surface area contributed by atoms with Crippen LogP contribution in [0.5, 0.6) is 0 Å². The van der Waals surface area contributed by atoms with Gasteiger partial charge in [-0.2, -0.15) is 0 Å². The van der Waals surface area contributed by atoms with Crippen LogP contribution in [0.25, 0.3) is 0 Å². The number of imide groups is 1. The number of likely N-dealkylation sites (tertiary alicyclic amines) is 1. The van der Waals surface area contributed by atoms with Gasteiger partial charge in [-0.15, -0.1) is 0 Å². The summed E-state index contributed by atoms with van der Waals surface area (Å²) in [7, 11) is 0. The van der Waals surface area contributed by atoms with Crippen molar-refractivity contribution in [2.45, 2.75) is 83.7 Å². The van der Waals surface area contributed by atoms with Gasteiger partial charge in [0, 0.05) is 25.0 Å². The van der Waals surface area contributed by atoms with Crippen molar-refractivity contribution in [1.82, 2.24) is 15.5 Å². The number of carbonyl (C=O) groups is 4. The molecule has 8 heteroatoms. The Kier molecular flexibility index (Phi) is 7.72. The van der Waals surface area contributed by atoms with E-state index in [1.165, 1.54) is 12.8 Å². The highest BCUT2D eigenvalue weighted by molar-refractivity contribution is 5.96. The van der Waals surface area contributed by atoms with Gasteiger partial charge in [0.1, 0.15) is 0 Å². The third kappa shape index (κ3) is 5.73. The number of nitrogens with zero attached hydrogens (tertiary/aromatic N) is 1. The van der Waals surface area contributed by atoms with Crippen molar-refractivity contribution in [2.75, 3.05) is 13.2 Å². The zero-order valence-electron chi connectivity index (χ0n) is 18.2. The van der Waals surface area contributed by atoms with E-state index >= 15 is 0 Å². The molecule has 3 fully saturated rings. The highest BCUT2D eigenvalue weighted by atomic mass is 16.5. The highest BCUT2D eigenvalue weighted by Crippen LogP contribution is 2.35. The number of hydrogen-bond acceptors (Lipinski definition) is 5. The summed E-state index contributed by atoms with van der Waals surface area (Å²) in [5, 5.41) is 4.99. The predicted molar refractivity (Wildman–Crippen MR) is 110 cm³/mol. The van der Waals surface area contributed by atoms with Crippen molar-refractivity contribution in [3.8, 4) is 0 Å². The molecule has 0 aromatic rings. The Morgan fingerprint density at radius 1 is 1.03 bits per heavy atom. The fraction of sp³-hybridized carbons (Fsp3) is 0.818. The minimum Gasteiger partial charge on any atom is -0.455 e. The molecule has 8 nitrogen and oxygen atoms in total. The molecule has 0 unspecified atom stereocenters. The summed E-state index contributed by atoms with van der Waals surface area (Å²) in [5.41, 5.74) is 0. The second-order valence-corrected chi connectivity index (χ2v) is 9.25. The van der Waals surface area contributed by atoms with E-state index in [-0.39, 0.29) is 24.4 Å². The molecule has 4 atom stereocenters. The van der Waals surface area contributed by atoms with Gasteiger partial charge in [0.15, 0.2) is 6.61 Å². The summed E-state index contributed by atoms with van der Waals surface area (Å²) in [5.74, 6) is -0.806. The first kappa shape index (κ1) is 22.6. The standard InChI is InChI=1S/C22H35N3O5/c1-14-7-6-10-18(15(14)2)25-12-16(11-20(25)27)21(28)30-13-19(26)24-22(29)23-17-8-4-3-5-9-17/h14-18H,3-13H2,1-2H3,(H2,23,24,26,29)/t14-,15-,16-,18+/m1/s1. The van der Waals surface area contributed by atoms with Crippen LogP contribution >= 0.6 is 0 Å². The van der Waals surface area contributed by atoms with Crippen molar-refractivity contribution in [2.24, 2.45) is 17.8 Å². The van der Waals surface area contributed by atoms with Crippen LogP contribution in [0.2, 0.25) is 0 Å². The van der Waals surface area contributed by atoms with Crippen molar-refractivity contribution in [3.05, 3.63) is 0 Å². The van der Waals surface area contributed by atoms with Gasteiger partial charge >= 0.3 is 12.0 Å². The summed E-state index contributed by atoms with van der Waals surface area (Å²) < 4.78 is 5.10. The van der Waals surface area contributed by atoms with Crippen LogP contribution in [0, 0.1) is 17.8 Å². The molecule has 1 aliphatic heterocycles. The second kappa shape index (κ2) is 10.3. The molecule has 0 spiro atoms. The Labute approximate surface area is 178 Å². The fourth-order valence-corrected chi connectivity index (χ4v) is 5.09. The average Bonchev–Trinajstić information content (AvgIpc) is 3.10. The third-order valence-electron chi connectivity index (χ3n) is 7.09. The number of ether oxygens (including phenoxy) is 1. The van der Waals surface area contributed by atoms with Gasteiger partial charge in [-0.25, -0.2) is 4.79 Å². The first-order valence-corrected chi connectivity index (χ1v) is 11.4. The summed E-state index contributed by atoms with van der Waals surface area (Å²) >= 11 is 0. The molecule has 1 heterocycles. The molecule has 0 bridgehead atoms. The number of rotatable bonds is 5. The van der Waals surface area contributed by atoms with Gasteiger partial charge in [0.2, 0.25) is 5.91 Å². The maximum absolute atomic E-state index is 12.5. The lowest BCUT2D eigenvalue weighted by Crippen LogP contribution is -2.46. The van der Waals surface area contributed by atoms with Gasteiger partial charge < -0.3 is 15.0 Å². The van der Waals surface area contributed by atoms with E-state index in [9.17, 15) is 19.2 Å². The van der Waals surface area contributed by atoms with E-state index in [0.29, 0.717) is 18.4 Å². The van der Waals surface area contributed by atoms with E-state index in [1.807, 2.05) is 4.90 Å². The summed E-state index contributed by atoms with van der Waals surface area (Å²) in [6.07, 6.45) is 8.53. The molecule has 0 radical (unpaired) electrons. The summed E-state index contributed by atoms with van der Waals surface area (Å²) in [4.78, 5) is 50.6. The van der Waals surface area contributed by atoms with E-state index in [1.54, 1.807) is 0 Å². The zero-order valence-corrected chi connectivity index (χ0v) is 18.2. The van der Waals surface area contributed by atoms with Crippen LogP contribution in [-0.4, -0.2) is 54.0 Å². The molecular formula is C22H35N3O5. The van der Waals surface area contributed by atoms with Crippen LogP contribution in [-0.2, 0) is 19.1 Å². The average molecular weight is 422 g/mol. The van der Waals surface area contributed by atoms with Crippen LogP contribution in [0.4, 0.5) is 4.79 Å². The second-order valence-electron chi connectivity index (χ2n) is 9.25. The van der Waals surface area contributed by atoms with Crippen molar-refractivity contribution >= 4 is 23.8 Å². The Hall–Kier alpha value is -2.12. The Morgan fingerprint density at radius 2 is 1.77 bits per heavy atom. The summed E-state index contributed by atoms with van der Waals surface area (Å²) in [6.45, 7) is 4.23. The van der Waals surface area contributed by atoms with Crippen molar-refractivity contribution in [3.63, 3.8) is 0 Å². The Balaban J connectivity index is 1.40. The lowest BCUT2D eigenvalue weighted by atomic mass is 9.77. The normalized spacial score (nSPS) is 30.1. The monoisotopic (exact) mass is 421 g/mol.